The molecule has 0 heterocycles. The first-order valence-electron chi connectivity index (χ1n) is 5.18. The summed E-state index contributed by atoms with van der Waals surface area (Å²) in [7, 11) is 1.78. The first-order valence-corrected chi connectivity index (χ1v) is 5.18. The van der Waals surface area contributed by atoms with Crippen molar-refractivity contribution < 1.29 is 9.53 Å². The number of carbonyl (C=O) groups excluding carboxylic acids is 1. The summed E-state index contributed by atoms with van der Waals surface area (Å²) in [5.74, 6) is 0.0812. The lowest BCUT2D eigenvalue weighted by molar-refractivity contribution is -0.128. The minimum Gasteiger partial charge on any atom is -0.378 e. The Morgan fingerprint density at radius 2 is 2.07 bits per heavy atom. The summed E-state index contributed by atoms with van der Waals surface area (Å²) in [4.78, 5) is 12.5. The van der Waals surface area contributed by atoms with Gasteiger partial charge < -0.3 is 15.0 Å². The van der Waals surface area contributed by atoms with E-state index in [0.717, 1.165) is 19.5 Å². The van der Waals surface area contributed by atoms with Crippen LogP contribution in [0.25, 0.3) is 0 Å². The minimum atomic E-state index is 0.0812. The summed E-state index contributed by atoms with van der Waals surface area (Å²) in [5.41, 5.74) is 0. The molecule has 0 saturated heterocycles. The van der Waals surface area contributed by atoms with Crippen molar-refractivity contribution >= 4 is 5.91 Å². The van der Waals surface area contributed by atoms with Gasteiger partial charge in [-0.25, -0.2) is 0 Å². The zero-order chi connectivity index (χ0) is 10.8. The van der Waals surface area contributed by atoms with E-state index in [1.807, 2.05) is 0 Å². The maximum absolute atomic E-state index is 10.8. The monoisotopic (exact) mass is 202 g/mol. The largest absolute Gasteiger partial charge is 0.378 e. The summed E-state index contributed by atoms with van der Waals surface area (Å²) in [6, 6.07) is 0. The van der Waals surface area contributed by atoms with Gasteiger partial charge in [0, 0.05) is 27.1 Å². The SMILES string of the molecule is CCCNCCOCCN(C)C(C)=O. The molecular formula is C10H22N2O2. The Morgan fingerprint density at radius 1 is 1.36 bits per heavy atom. The van der Waals surface area contributed by atoms with E-state index in [0.29, 0.717) is 19.8 Å². The molecule has 0 aliphatic carbocycles. The third-order valence-electron chi connectivity index (χ3n) is 1.96. The molecule has 0 atom stereocenters. The highest BCUT2D eigenvalue weighted by Crippen LogP contribution is 1.83. The van der Waals surface area contributed by atoms with E-state index in [9.17, 15) is 4.79 Å². The lowest BCUT2D eigenvalue weighted by Crippen LogP contribution is -2.29. The fraction of sp³-hybridized carbons (Fsp3) is 0.900. The second kappa shape index (κ2) is 8.97. The van der Waals surface area contributed by atoms with Crippen LogP contribution in [-0.2, 0) is 9.53 Å². The maximum atomic E-state index is 10.8. The smallest absolute Gasteiger partial charge is 0.219 e. The van der Waals surface area contributed by atoms with Crippen molar-refractivity contribution in [3.63, 3.8) is 0 Å². The van der Waals surface area contributed by atoms with Gasteiger partial charge in [0.2, 0.25) is 5.91 Å². The van der Waals surface area contributed by atoms with Gasteiger partial charge in [-0.15, -0.1) is 0 Å². The van der Waals surface area contributed by atoms with E-state index in [2.05, 4.69) is 12.2 Å². The molecule has 0 rings (SSSR count). The summed E-state index contributed by atoms with van der Waals surface area (Å²) in [6.45, 7) is 7.62. The van der Waals surface area contributed by atoms with Crippen LogP contribution < -0.4 is 5.32 Å². The van der Waals surface area contributed by atoms with Crippen LogP contribution in [0.1, 0.15) is 20.3 Å². The molecule has 1 amide bonds. The standard InChI is InChI=1S/C10H22N2O2/c1-4-5-11-6-8-14-9-7-12(3)10(2)13/h11H,4-9H2,1-3H3. The van der Waals surface area contributed by atoms with Gasteiger partial charge in [0.25, 0.3) is 0 Å². The zero-order valence-corrected chi connectivity index (χ0v) is 9.51. The Morgan fingerprint density at radius 3 is 2.64 bits per heavy atom. The van der Waals surface area contributed by atoms with Crippen LogP contribution in [0.15, 0.2) is 0 Å². The molecule has 0 radical (unpaired) electrons. The molecule has 0 saturated carbocycles. The van der Waals surface area contributed by atoms with E-state index in [1.54, 1.807) is 18.9 Å². The molecule has 0 aliphatic rings. The van der Waals surface area contributed by atoms with E-state index < -0.39 is 0 Å². The Bertz CT molecular complexity index is 151. The number of nitrogens with one attached hydrogen (secondary N) is 1. The summed E-state index contributed by atoms with van der Waals surface area (Å²) < 4.78 is 5.34. The normalized spacial score (nSPS) is 10.2. The second-order valence-electron chi connectivity index (χ2n) is 3.30. The van der Waals surface area contributed by atoms with Crippen molar-refractivity contribution in [2.45, 2.75) is 20.3 Å². The predicted molar refractivity (Wildman–Crippen MR) is 57.3 cm³/mol. The molecule has 0 aromatic rings. The molecule has 0 bridgehead atoms. The topological polar surface area (TPSA) is 41.6 Å². The molecule has 0 aromatic carbocycles. The van der Waals surface area contributed by atoms with Crippen molar-refractivity contribution in [1.82, 2.24) is 10.2 Å². The lowest BCUT2D eigenvalue weighted by atomic mass is 10.5. The van der Waals surface area contributed by atoms with Crippen molar-refractivity contribution in [3.05, 3.63) is 0 Å². The fourth-order valence-corrected chi connectivity index (χ4v) is 0.907. The number of likely N-dealkylation sites (N-methyl/N-ethyl adjacent to an activating group) is 1. The molecule has 14 heavy (non-hydrogen) atoms. The highest BCUT2D eigenvalue weighted by molar-refractivity contribution is 5.72. The molecule has 1 N–H and O–H groups in total. The Hall–Kier alpha value is -0.610. The van der Waals surface area contributed by atoms with Crippen LogP contribution in [0, 0.1) is 0 Å². The van der Waals surface area contributed by atoms with Gasteiger partial charge in [0.05, 0.1) is 13.2 Å². The van der Waals surface area contributed by atoms with Crippen molar-refractivity contribution in [3.8, 4) is 0 Å². The minimum absolute atomic E-state index is 0.0812. The van der Waals surface area contributed by atoms with Crippen LogP contribution in [-0.4, -0.2) is 50.7 Å². The quantitative estimate of drug-likeness (QED) is 0.582. The third-order valence-corrected chi connectivity index (χ3v) is 1.96. The molecule has 0 unspecified atom stereocenters. The fourth-order valence-electron chi connectivity index (χ4n) is 0.907. The van der Waals surface area contributed by atoms with Crippen LogP contribution in [0.5, 0.6) is 0 Å². The zero-order valence-electron chi connectivity index (χ0n) is 9.51. The molecule has 84 valence electrons. The van der Waals surface area contributed by atoms with E-state index in [-0.39, 0.29) is 5.91 Å². The highest BCUT2D eigenvalue weighted by Gasteiger charge is 1.99. The average Bonchev–Trinajstić information content (AvgIpc) is 2.16. The predicted octanol–water partition coefficient (Wildman–Crippen LogP) is 0.481. The van der Waals surface area contributed by atoms with E-state index in [4.69, 9.17) is 4.74 Å². The number of hydrogen-bond acceptors (Lipinski definition) is 3. The highest BCUT2D eigenvalue weighted by atomic mass is 16.5. The number of nitrogens with zero attached hydrogens (tertiary/aromatic N) is 1. The van der Waals surface area contributed by atoms with Gasteiger partial charge in [-0.2, -0.15) is 0 Å². The summed E-state index contributed by atoms with van der Waals surface area (Å²) in [6.07, 6.45) is 1.15. The second-order valence-corrected chi connectivity index (χ2v) is 3.30. The van der Waals surface area contributed by atoms with Crippen LogP contribution >= 0.6 is 0 Å². The van der Waals surface area contributed by atoms with Crippen LogP contribution in [0.4, 0.5) is 0 Å². The van der Waals surface area contributed by atoms with Crippen molar-refractivity contribution in [2.24, 2.45) is 0 Å². The van der Waals surface area contributed by atoms with Gasteiger partial charge in [-0.3, -0.25) is 4.79 Å². The first kappa shape index (κ1) is 13.4. The average molecular weight is 202 g/mol. The summed E-state index contributed by atoms with van der Waals surface area (Å²) in [5, 5.41) is 3.24. The third kappa shape index (κ3) is 8.01. The van der Waals surface area contributed by atoms with Gasteiger partial charge in [0.1, 0.15) is 0 Å². The number of ether oxygens (including phenoxy) is 1. The Kier molecular flexibility index (Phi) is 8.57. The Balaban J connectivity index is 3.09. The molecule has 0 aliphatic heterocycles. The molecule has 0 aromatic heterocycles. The molecule has 0 fully saturated rings. The molecule has 4 heteroatoms. The van der Waals surface area contributed by atoms with Gasteiger partial charge in [-0.1, -0.05) is 6.92 Å². The lowest BCUT2D eigenvalue weighted by Gasteiger charge is -2.14. The molecule has 0 spiro atoms. The Labute approximate surface area is 86.6 Å². The van der Waals surface area contributed by atoms with E-state index >= 15 is 0 Å². The number of carbonyl (C=O) groups is 1. The van der Waals surface area contributed by atoms with E-state index in [1.165, 1.54) is 0 Å². The molecular weight excluding hydrogens is 180 g/mol. The number of hydrogen-bond donors (Lipinski definition) is 1. The molecule has 4 nitrogen and oxygen atoms in total. The number of rotatable bonds is 8. The summed E-state index contributed by atoms with van der Waals surface area (Å²) >= 11 is 0. The van der Waals surface area contributed by atoms with Crippen LogP contribution in [0.3, 0.4) is 0 Å². The van der Waals surface area contributed by atoms with Gasteiger partial charge in [0.15, 0.2) is 0 Å². The van der Waals surface area contributed by atoms with Crippen molar-refractivity contribution in [1.29, 1.82) is 0 Å². The number of amides is 1. The first-order chi connectivity index (χ1) is 6.68. The maximum Gasteiger partial charge on any atom is 0.219 e. The van der Waals surface area contributed by atoms with Gasteiger partial charge >= 0.3 is 0 Å². The van der Waals surface area contributed by atoms with Crippen LogP contribution in [0.2, 0.25) is 0 Å². The van der Waals surface area contributed by atoms with Crippen molar-refractivity contribution in [2.75, 3.05) is 39.9 Å². The van der Waals surface area contributed by atoms with Gasteiger partial charge in [-0.05, 0) is 13.0 Å².